The Morgan fingerprint density at radius 2 is 1.88 bits per heavy atom. The number of anilines is 1. The fraction of sp³-hybridized carbons (Fsp3) is 0.529. The first-order valence-electron chi connectivity index (χ1n) is 8.06. The maximum Gasteiger partial charge on any atom is 0.314 e. The lowest BCUT2D eigenvalue weighted by atomic mass is 10.0. The van der Waals surface area contributed by atoms with Gasteiger partial charge in [0, 0.05) is 25.9 Å². The molecular weight excluding hydrogens is 312 g/mol. The van der Waals surface area contributed by atoms with E-state index >= 15 is 0 Å². The van der Waals surface area contributed by atoms with Crippen molar-refractivity contribution in [2.75, 3.05) is 38.7 Å². The number of amides is 2. The third kappa shape index (κ3) is 3.37. The fourth-order valence-electron chi connectivity index (χ4n) is 3.08. The number of hydrogen-bond acceptors (Lipinski definition) is 5. The second-order valence-corrected chi connectivity index (χ2v) is 6.06. The molecule has 7 heteroatoms. The van der Waals surface area contributed by atoms with Crippen molar-refractivity contribution in [1.29, 1.82) is 0 Å². The van der Waals surface area contributed by atoms with Crippen molar-refractivity contribution in [3.8, 4) is 5.75 Å². The highest BCUT2D eigenvalue weighted by Gasteiger charge is 2.41. The van der Waals surface area contributed by atoms with E-state index < -0.39 is 17.6 Å². The minimum atomic E-state index is -0.664. The Morgan fingerprint density at radius 1 is 1.21 bits per heavy atom. The summed E-state index contributed by atoms with van der Waals surface area (Å²) in [5.41, 5.74) is 1.46. The normalized spacial score (nSPS) is 19.3. The zero-order valence-electron chi connectivity index (χ0n) is 14.0. The number of benzene rings is 1. The number of nitrogens with zero attached hydrogens (tertiary/aromatic N) is 1. The molecule has 0 bridgehead atoms. The van der Waals surface area contributed by atoms with Crippen molar-refractivity contribution in [1.82, 2.24) is 4.90 Å². The van der Waals surface area contributed by atoms with E-state index in [-0.39, 0.29) is 0 Å². The number of ether oxygens (including phenoxy) is 3. The van der Waals surface area contributed by atoms with Gasteiger partial charge in [-0.1, -0.05) is 6.07 Å². The smallest absolute Gasteiger partial charge is 0.314 e. The summed E-state index contributed by atoms with van der Waals surface area (Å²) in [7, 11) is 1.52. The molecule has 0 unspecified atom stereocenters. The first kappa shape index (κ1) is 16.7. The summed E-state index contributed by atoms with van der Waals surface area (Å²) in [5, 5.41) is 2.64. The van der Waals surface area contributed by atoms with Crippen LogP contribution in [0.2, 0.25) is 0 Å². The van der Waals surface area contributed by atoms with E-state index in [1.165, 1.54) is 12.0 Å². The van der Waals surface area contributed by atoms with Crippen molar-refractivity contribution < 1.29 is 23.8 Å². The molecule has 2 heterocycles. The molecule has 2 amide bonds. The van der Waals surface area contributed by atoms with Crippen LogP contribution >= 0.6 is 0 Å². The lowest BCUT2D eigenvalue weighted by Crippen LogP contribution is -2.50. The molecule has 24 heavy (non-hydrogen) atoms. The highest BCUT2D eigenvalue weighted by Crippen LogP contribution is 2.31. The summed E-state index contributed by atoms with van der Waals surface area (Å²) in [5.74, 6) is -1.26. The van der Waals surface area contributed by atoms with E-state index in [0.717, 1.165) is 5.56 Å². The number of piperidine rings is 1. The van der Waals surface area contributed by atoms with Crippen LogP contribution < -0.4 is 10.1 Å². The fourth-order valence-corrected chi connectivity index (χ4v) is 3.08. The third-order valence-electron chi connectivity index (χ3n) is 4.42. The van der Waals surface area contributed by atoms with E-state index in [2.05, 4.69) is 5.32 Å². The van der Waals surface area contributed by atoms with Crippen molar-refractivity contribution in [2.24, 2.45) is 0 Å². The lowest BCUT2D eigenvalue weighted by Gasteiger charge is -2.37. The predicted molar refractivity (Wildman–Crippen MR) is 86.8 cm³/mol. The maximum atomic E-state index is 12.4. The minimum Gasteiger partial charge on any atom is -0.495 e. The Bertz CT molecular complexity index is 630. The molecule has 1 N–H and O–H groups in total. The SMILES string of the molecule is COc1ccc(C)cc1NC(=O)C(=O)N1CCC2(CC1)OCCO2. The topological polar surface area (TPSA) is 77.1 Å². The molecule has 130 valence electrons. The van der Waals surface area contributed by atoms with Gasteiger partial charge in [0.05, 0.1) is 26.0 Å². The molecule has 2 saturated heterocycles. The molecular formula is C17H22N2O5. The molecule has 2 aliphatic heterocycles. The van der Waals surface area contributed by atoms with Gasteiger partial charge in [-0.15, -0.1) is 0 Å². The molecule has 1 spiro atoms. The number of methoxy groups -OCH3 is 1. The number of carbonyl (C=O) groups is 2. The number of nitrogens with one attached hydrogen (secondary N) is 1. The first-order valence-corrected chi connectivity index (χ1v) is 8.06. The third-order valence-corrected chi connectivity index (χ3v) is 4.42. The highest BCUT2D eigenvalue weighted by atomic mass is 16.7. The number of aryl methyl sites for hydroxylation is 1. The summed E-state index contributed by atoms with van der Waals surface area (Å²) in [6, 6.07) is 5.41. The molecule has 0 radical (unpaired) electrons. The van der Waals surface area contributed by atoms with Crippen LogP contribution in [0.15, 0.2) is 18.2 Å². The van der Waals surface area contributed by atoms with Gasteiger partial charge >= 0.3 is 11.8 Å². The van der Waals surface area contributed by atoms with Crippen LogP contribution in [0.5, 0.6) is 5.75 Å². The van der Waals surface area contributed by atoms with Crippen molar-refractivity contribution in [2.45, 2.75) is 25.6 Å². The van der Waals surface area contributed by atoms with Gasteiger partial charge in [0.1, 0.15) is 5.75 Å². The molecule has 0 atom stereocenters. The van der Waals surface area contributed by atoms with Gasteiger partial charge in [-0.3, -0.25) is 9.59 Å². The number of likely N-dealkylation sites (tertiary alicyclic amines) is 1. The highest BCUT2D eigenvalue weighted by molar-refractivity contribution is 6.39. The van der Waals surface area contributed by atoms with Gasteiger partial charge in [-0.2, -0.15) is 0 Å². The molecule has 2 aliphatic rings. The van der Waals surface area contributed by atoms with E-state index in [0.29, 0.717) is 50.6 Å². The Morgan fingerprint density at radius 3 is 2.50 bits per heavy atom. The predicted octanol–water partition coefficient (Wildman–Crippen LogP) is 1.31. The average Bonchev–Trinajstić information content (AvgIpc) is 3.03. The zero-order chi connectivity index (χ0) is 17.2. The van der Waals surface area contributed by atoms with Crippen LogP contribution in [-0.2, 0) is 19.1 Å². The summed E-state index contributed by atoms with van der Waals surface area (Å²) < 4.78 is 16.5. The van der Waals surface area contributed by atoms with Crippen molar-refractivity contribution >= 4 is 17.5 Å². The molecule has 7 nitrogen and oxygen atoms in total. The van der Waals surface area contributed by atoms with Gasteiger partial charge in [0.25, 0.3) is 0 Å². The van der Waals surface area contributed by atoms with E-state index in [1.54, 1.807) is 12.1 Å². The molecule has 1 aromatic carbocycles. The number of carbonyl (C=O) groups excluding carboxylic acids is 2. The van der Waals surface area contributed by atoms with Crippen LogP contribution in [-0.4, -0.2) is 55.9 Å². The van der Waals surface area contributed by atoms with Gasteiger partial charge in [0.2, 0.25) is 0 Å². The van der Waals surface area contributed by atoms with Gasteiger partial charge in [0.15, 0.2) is 5.79 Å². The van der Waals surface area contributed by atoms with Crippen LogP contribution in [0, 0.1) is 6.92 Å². The number of hydrogen-bond donors (Lipinski definition) is 1. The second-order valence-electron chi connectivity index (χ2n) is 6.06. The lowest BCUT2D eigenvalue weighted by molar-refractivity contribution is -0.187. The summed E-state index contributed by atoms with van der Waals surface area (Å²) in [4.78, 5) is 26.2. The zero-order valence-corrected chi connectivity index (χ0v) is 14.0. The summed E-state index contributed by atoms with van der Waals surface area (Å²) >= 11 is 0. The molecule has 3 rings (SSSR count). The van der Waals surface area contributed by atoms with Gasteiger partial charge < -0.3 is 24.4 Å². The largest absolute Gasteiger partial charge is 0.495 e. The first-order chi connectivity index (χ1) is 11.5. The second kappa shape index (κ2) is 6.78. The number of rotatable bonds is 2. The standard InChI is InChI=1S/C17H22N2O5/c1-12-3-4-14(22-2)13(11-12)18-15(20)16(21)19-7-5-17(6-8-19)23-9-10-24-17/h3-4,11H,5-10H2,1-2H3,(H,18,20). The monoisotopic (exact) mass is 334 g/mol. The maximum absolute atomic E-state index is 12.4. The van der Waals surface area contributed by atoms with Gasteiger partial charge in [-0.25, -0.2) is 0 Å². The molecule has 0 aliphatic carbocycles. The molecule has 1 aromatic rings. The summed E-state index contributed by atoms with van der Waals surface area (Å²) in [6.45, 7) is 3.96. The van der Waals surface area contributed by atoms with E-state index in [4.69, 9.17) is 14.2 Å². The average molecular weight is 334 g/mol. The van der Waals surface area contributed by atoms with Crippen molar-refractivity contribution in [3.05, 3.63) is 23.8 Å². The van der Waals surface area contributed by atoms with E-state index in [1.807, 2.05) is 13.0 Å². The van der Waals surface area contributed by atoms with E-state index in [9.17, 15) is 9.59 Å². The summed E-state index contributed by atoms with van der Waals surface area (Å²) in [6.07, 6.45) is 1.17. The molecule has 0 saturated carbocycles. The Labute approximate surface area is 140 Å². The molecule has 0 aromatic heterocycles. The quantitative estimate of drug-likeness (QED) is 0.825. The Hall–Kier alpha value is -2.12. The minimum absolute atomic E-state index is 0.442. The Balaban J connectivity index is 1.61. The van der Waals surface area contributed by atoms with Crippen LogP contribution in [0.3, 0.4) is 0 Å². The molecule has 2 fully saturated rings. The van der Waals surface area contributed by atoms with Crippen molar-refractivity contribution in [3.63, 3.8) is 0 Å². The van der Waals surface area contributed by atoms with Crippen LogP contribution in [0.4, 0.5) is 5.69 Å². The van der Waals surface area contributed by atoms with Gasteiger partial charge in [-0.05, 0) is 24.6 Å². The van der Waals surface area contributed by atoms with Crippen LogP contribution in [0.25, 0.3) is 0 Å². The van der Waals surface area contributed by atoms with Crippen LogP contribution in [0.1, 0.15) is 18.4 Å². The Kier molecular flexibility index (Phi) is 4.73.